The van der Waals surface area contributed by atoms with Gasteiger partial charge in [0, 0.05) is 19.3 Å². The lowest BCUT2D eigenvalue weighted by molar-refractivity contribution is -0.137. The van der Waals surface area contributed by atoms with Crippen molar-refractivity contribution in [3.8, 4) is 5.75 Å². The summed E-state index contributed by atoms with van der Waals surface area (Å²) in [6, 6.07) is 7.64. The molecule has 0 spiro atoms. The third kappa shape index (κ3) is 5.04. The molecule has 1 aromatic carbocycles. The monoisotopic (exact) mass is 254 g/mol. The second-order valence-electron chi connectivity index (χ2n) is 3.82. The van der Waals surface area contributed by atoms with Gasteiger partial charge in [-0.1, -0.05) is 19.1 Å². The number of rotatable bonds is 9. The summed E-state index contributed by atoms with van der Waals surface area (Å²) in [6.45, 7) is 3.95. The number of methoxy groups -OCH3 is 2. The zero-order chi connectivity index (χ0) is 13.2. The van der Waals surface area contributed by atoms with Gasteiger partial charge in [0.25, 0.3) is 0 Å². The summed E-state index contributed by atoms with van der Waals surface area (Å²) in [6.07, 6.45) is 0.660. The molecule has 0 radical (unpaired) electrons. The van der Waals surface area contributed by atoms with Gasteiger partial charge < -0.3 is 18.9 Å². The molecular weight excluding hydrogens is 232 g/mol. The molecule has 1 aromatic rings. The van der Waals surface area contributed by atoms with E-state index in [9.17, 15) is 0 Å². The van der Waals surface area contributed by atoms with Gasteiger partial charge in [-0.3, -0.25) is 0 Å². The first-order valence-corrected chi connectivity index (χ1v) is 6.18. The third-order valence-corrected chi connectivity index (χ3v) is 2.45. The molecule has 0 saturated carbocycles. The Hall–Kier alpha value is -1.10. The van der Waals surface area contributed by atoms with Gasteiger partial charge in [-0.05, 0) is 18.6 Å². The van der Waals surface area contributed by atoms with Crippen LogP contribution in [0.25, 0.3) is 0 Å². The van der Waals surface area contributed by atoms with E-state index in [1.54, 1.807) is 14.2 Å². The van der Waals surface area contributed by atoms with Crippen molar-refractivity contribution in [1.82, 2.24) is 0 Å². The molecule has 1 rings (SSSR count). The van der Waals surface area contributed by atoms with Crippen LogP contribution in [0.2, 0.25) is 0 Å². The van der Waals surface area contributed by atoms with E-state index in [1.807, 2.05) is 24.3 Å². The number of benzene rings is 1. The fourth-order valence-electron chi connectivity index (χ4n) is 1.52. The third-order valence-electron chi connectivity index (χ3n) is 2.45. The molecule has 4 heteroatoms. The maximum Gasteiger partial charge on any atom is 0.183 e. The summed E-state index contributed by atoms with van der Waals surface area (Å²) in [5.74, 6) is 0.819. The zero-order valence-corrected chi connectivity index (χ0v) is 11.3. The topological polar surface area (TPSA) is 36.9 Å². The fraction of sp³-hybridized carbons (Fsp3) is 0.571. The van der Waals surface area contributed by atoms with Crippen molar-refractivity contribution < 1.29 is 18.9 Å². The Morgan fingerprint density at radius 3 is 2.28 bits per heavy atom. The molecule has 1 atom stereocenters. The average molecular weight is 254 g/mol. The van der Waals surface area contributed by atoms with Crippen molar-refractivity contribution in [3.63, 3.8) is 0 Å². The van der Waals surface area contributed by atoms with Gasteiger partial charge in [-0.2, -0.15) is 0 Å². The van der Waals surface area contributed by atoms with Gasteiger partial charge in [0.15, 0.2) is 6.29 Å². The minimum absolute atomic E-state index is 0.360. The van der Waals surface area contributed by atoms with E-state index in [2.05, 4.69) is 6.92 Å². The largest absolute Gasteiger partial charge is 0.497 e. The molecule has 1 unspecified atom stereocenters. The Kier molecular flexibility index (Phi) is 7.41. The molecule has 0 saturated heterocycles. The van der Waals surface area contributed by atoms with Crippen molar-refractivity contribution >= 4 is 0 Å². The summed E-state index contributed by atoms with van der Waals surface area (Å²) < 4.78 is 21.4. The minimum Gasteiger partial charge on any atom is -0.497 e. The van der Waals surface area contributed by atoms with Crippen LogP contribution in [0.4, 0.5) is 0 Å². The van der Waals surface area contributed by atoms with Crippen molar-refractivity contribution in [3.05, 3.63) is 29.8 Å². The molecular formula is C14H22O4. The minimum atomic E-state index is -0.360. The van der Waals surface area contributed by atoms with Crippen molar-refractivity contribution in [1.29, 1.82) is 0 Å². The summed E-state index contributed by atoms with van der Waals surface area (Å²) in [7, 11) is 3.27. The van der Waals surface area contributed by atoms with Crippen LogP contribution < -0.4 is 4.74 Å². The van der Waals surface area contributed by atoms with E-state index in [0.29, 0.717) is 13.2 Å². The smallest absolute Gasteiger partial charge is 0.183 e. The summed E-state index contributed by atoms with van der Waals surface area (Å²) in [4.78, 5) is 0. The Labute approximate surface area is 109 Å². The second kappa shape index (κ2) is 8.91. The van der Waals surface area contributed by atoms with Gasteiger partial charge in [-0.25, -0.2) is 0 Å². The summed E-state index contributed by atoms with van der Waals surface area (Å²) >= 11 is 0. The Morgan fingerprint density at radius 2 is 1.72 bits per heavy atom. The Morgan fingerprint density at radius 1 is 1.00 bits per heavy atom. The van der Waals surface area contributed by atoms with E-state index >= 15 is 0 Å². The molecule has 18 heavy (non-hydrogen) atoms. The molecule has 0 fully saturated rings. The maximum atomic E-state index is 5.61. The molecule has 0 amide bonds. The molecule has 4 nitrogen and oxygen atoms in total. The Balaban J connectivity index is 2.39. The van der Waals surface area contributed by atoms with E-state index in [-0.39, 0.29) is 6.29 Å². The van der Waals surface area contributed by atoms with Crippen LogP contribution in [0.15, 0.2) is 24.3 Å². The van der Waals surface area contributed by atoms with E-state index in [4.69, 9.17) is 18.9 Å². The quantitative estimate of drug-likeness (QED) is 0.501. The number of ether oxygens (including phenoxy) is 4. The molecule has 0 aromatic heterocycles. The highest BCUT2D eigenvalue weighted by molar-refractivity contribution is 5.27. The number of hydrogen-bond donors (Lipinski definition) is 0. The predicted octanol–water partition coefficient (Wildman–Crippen LogP) is 2.78. The summed E-state index contributed by atoms with van der Waals surface area (Å²) in [5, 5.41) is 0. The van der Waals surface area contributed by atoms with Gasteiger partial charge in [-0.15, -0.1) is 0 Å². The van der Waals surface area contributed by atoms with Crippen molar-refractivity contribution in [2.45, 2.75) is 19.6 Å². The van der Waals surface area contributed by atoms with E-state index < -0.39 is 0 Å². The molecule has 0 aliphatic rings. The number of hydrogen-bond acceptors (Lipinski definition) is 4. The first-order chi connectivity index (χ1) is 8.81. The van der Waals surface area contributed by atoms with Crippen molar-refractivity contribution in [2.24, 2.45) is 0 Å². The molecule has 0 bridgehead atoms. The molecule has 0 aliphatic carbocycles. The second-order valence-corrected chi connectivity index (χ2v) is 3.82. The van der Waals surface area contributed by atoms with Gasteiger partial charge in [0.1, 0.15) is 5.75 Å². The Bertz CT molecular complexity index is 310. The standard InChI is InChI=1S/C14H22O4/c1-4-9-17-10-11-18-14(16-3)12-5-7-13(15-2)8-6-12/h5-8,14H,4,9-11H2,1-3H3. The highest BCUT2D eigenvalue weighted by Crippen LogP contribution is 2.20. The van der Waals surface area contributed by atoms with E-state index in [0.717, 1.165) is 24.3 Å². The predicted molar refractivity (Wildman–Crippen MR) is 69.8 cm³/mol. The molecule has 0 N–H and O–H groups in total. The normalized spacial score (nSPS) is 12.4. The average Bonchev–Trinajstić information content (AvgIpc) is 2.43. The fourth-order valence-corrected chi connectivity index (χ4v) is 1.52. The molecule has 0 aliphatic heterocycles. The van der Waals surface area contributed by atoms with Gasteiger partial charge in [0.05, 0.1) is 20.3 Å². The lowest BCUT2D eigenvalue weighted by atomic mass is 10.2. The first-order valence-electron chi connectivity index (χ1n) is 6.18. The molecule has 0 heterocycles. The van der Waals surface area contributed by atoms with Crippen LogP contribution in [-0.4, -0.2) is 34.0 Å². The first kappa shape index (κ1) is 15.0. The van der Waals surface area contributed by atoms with Gasteiger partial charge >= 0.3 is 0 Å². The van der Waals surface area contributed by atoms with Crippen LogP contribution in [0.1, 0.15) is 25.2 Å². The SMILES string of the molecule is CCCOCCOC(OC)c1ccc(OC)cc1. The lowest BCUT2D eigenvalue weighted by Gasteiger charge is -2.17. The van der Waals surface area contributed by atoms with Crippen LogP contribution in [0.3, 0.4) is 0 Å². The van der Waals surface area contributed by atoms with Crippen LogP contribution >= 0.6 is 0 Å². The maximum absolute atomic E-state index is 5.61. The summed E-state index contributed by atoms with van der Waals surface area (Å²) in [5.41, 5.74) is 0.966. The van der Waals surface area contributed by atoms with Gasteiger partial charge in [0.2, 0.25) is 0 Å². The lowest BCUT2D eigenvalue weighted by Crippen LogP contribution is -2.11. The molecule has 102 valence electrons. The highest BCUT2D eigenvalue weighted by Gasteiger charge is 2.10. The van der Waals surface area contributed by atoms with Crippen LogP contribution in [-0.2, 0) is 14.2 Å². The highest BCUT2D eigenvalue weighted by atomic mass is 16.7. The van der Waals surface area contributed by atoms with Crippen molar-refractivity contribution in [2.75, 3.05) is 34.0 Å². The zero-order valence-electron chi connectivity index (χ0n) is 11.3. The van der Waals surface area contributed by atoms with E-state index in [1.165, 1.54) is 0 Å². The van der Waals surface area contributed by atoms with Crippen LogP contribution in [0.5, 0.6) is 5.75 Å². The van der Waals surface area contributed by atoms with Crippen LogP contribution in [0, 0.1) is 0 Å².